The summed E-state index contributed by atoms with van der Waals surface area (Å²) in [5, 5.41) is 14.6. The third-order valence-electron chi connectivity index (χ3n) is 5.02. The lowest BCUT2D eigenvalue weighted by atomic mass is 9.60. The zero-order valence-electron chi connectivity index (χ0n) is 11.1. The van der Waals surface area contributed by atoms with Crippen LogP contribution in [0.1, 0.15) is 59.3 Å². The van der Waals surface area contributed by atoms with Crippen LogP contribution in [-0.2, 0) is 0 Å². The molecule has 0 radical (unpaired) electrons. The van der Waals surface area contributed by atoms with Crippen molar-refractivity contribution in [3.63, 3.8) is 0 Å². The van der Waals surface area contributed by atoms with E-state index in [2.05, 4.69) is 26.1 Å². The summed E-state index contributed by atoms with van der Waals surface area (Å²) < 4.78 is 0. The molecule has 1 aliphatic heterocycles. The van der Waals surface area contributed by atoms with Crippen LogP contribution in [0.3, 0.4) is 0 Å². The zero-order chi connectivity index (χ0) is 11.8. The number of aliphatic hydroxyl groups is 1. The SMILES string of the molecule is CC1CCNC(C2(O)CCCCC2(C)C)C1. The van der Waals surface area contributed by atoms with Crippen molar-refractivity contribution in [1.29, 1.82) is 0 Å². The van der Waals surface area contributed by atoms with E-state index < -0.39 is 5.60 Å². The molecule has 0 amide bonds. The lowest BCUT2D eigenvalue weighted by Gasteiger charge is -2.52. The molecular weight excluding hydrogens is 198 g/mol. The van der Waals surface area contributed by atoms with Gasteiger partial charge in [-0.15, -0.1) is 0 Å². The second kappa shape index (κ2) is 4.30. The van der Waals surface area contributed by atoms with Gasteiger partial charge in [-0.3, -0.25) is 0 Å². The van der Waals surface area contributed by atoms with Crippen LogP contribution in [-0.4, -0.2) is 23.3 Å². The van der Waals surface area contributed by atoms with E-state index in [-0.39, 0.29) is 5.41 Å². The van der Waals surface area contributed by atoms with Crippen LogP contribution in [0.5, 0.6) is 0 Å². The highest BCUT2D eigenvalue weighted by atomic mass is 16.3. The monoisotopic (exact) mass is 225 g/mol. The summed E-state index contributed by atoms with van der Waals surface area (Å²) in [7, 11) is 0. The molecule has 2 fully saturated rings. The van der Waals surface area contributed by atoms with Crippen molar-refractivity contribution in [3.05, 3.63) is 0 Å². The van der Waals surface area contributed by atoms with Crippen molar-refractivity contribution < 1.29 is 5.11 Å². The second-order valence-electron chi connectivity index (χ2n) is 6.65. The highest BCUT2D eigenvalue weighted by Gasteiger charge is 2.50. The predicted molar refractivity (Wildman–Crippen MR) is 67.4 cm³/mol. The Morgan fingerprint density at radius 1 is 1.19 bits per heavy atom. The van der Waals surface area contributed by atoms with Crippen molar-refractivity contribution in [1.82, 2.24) is 5.32 Å². The minimum absolute atomic E-state index is 0.0694. The summed E-state index contributed by atoms with van der Waals surface area (Å²) >= 11 is 0. The van der Waals surface area contributed by atoms with Crippen LogP contribution >= 0.6 is 0 Å². The smallest absolute Gasteiger partial charge is 0.0850 e. The normalized spacial score (nSPS) is 44.2. The Balaban J connectivity index is 2.15. The average molecular weight is 225 g/mol. The van der Waals surface area contributed by atoms with Gasteiger partial charge < -0.3 is 10.4 Å². The molecule has 0 aromatic heterocycles. The van der Waals surface area contributed by atoms with Crippen molar-refractivity contribution in [2.45, 2.75) is 70.9 Å². The van der Waals surface area contributed by atoms with Crippen LogP contribution < -0.4 is 5.32 Å². The summed E-state index contributed by atoms with van der Waals surface area (Å²) in [6.07, 6.45) is 7.00. The molecule has 1 saturated carbocycles. The largest absolute Gasteiger partial charge is 0.388 e. The summed E-state index contributed by atoms with van der Waals surface area (Å²) in [6.45, 7) is 7.87. The summed E-state index contributed by atoms with van der Waals surface area (Å²) in [5.41, 5.74) is -0.417. The molecule has 16 heavy (non-hydrogen) atoms. The quantitative estimate of drug-likeness (QED) is 0.719. The van der Waals surface area contributed by atoms with Crippen LogP contribution in [0.25, 0.3) is 0 Å². The van der Waals surface area contributed by atoms with Crippen LogP contribution in [0.4, 0.5) is 0 Å². The molecule has 2 N–H and O–H groups in total. The van der Waals surface area contributed by atoms with Gasteiger partial charge >= 0.3 is 0 Å². The molecule has 1 saturated heterocycles. The summed E-state index contributed by atoms with van der Waals surface area (Å²) in [4.78, 5) is 0. The van der Waals surface area contributed by atoms with E-state index >= 15 is 0 Å². The first-order chi connectivity index (χ1) is 7.46. The highest BCUT2D eigenvalue weighted by Crippen LogP contribution is 2.47. The number of rotatable bonds is 1. The van der Waals surface area contributed by atoms with Crippen LogP contribution in [0.15, 0.2) is 0 Å². The first-order valence-electron chi connectivity index (χ1n) is 6.91. The van der Waals surface area contributed by atoms with Gasteiger partial charge in [0.15, 0.2) is 0 Å². The molecule has 0 aromatic carbocycles. The number of nitrogens with one attached hydrogen (secondary N) is 1. The highest BCUT2D eigenvalue weighted by molar-refractivity contribution is 5.05. The van der Waals surface area contributed by atoms with Crippen molar-refractivity contribution in [2.24, 2.45) is 11.3 Å². The van der Waals surface area contributed by atoms with Crippen molar-refractivity contribution >= 4 is 0 Å². The Labute approximate surface area is 99.8 Å². The van der Waals surface area contributed by atoms with Gasteiger partial charge in [0, 0.05) is 6.04 Å². The number of piperidine rings is 1. The van der Waals surface area contributed by atoms with E-state index in [1.165, 1.54) is 19.3 Å². The Bertz CT molecular complexity index is 251. The van der Waals surface area contributed by atoms with E-state index in [4.69, 9.17) is 0 Å². The maximum absolute atomic E-state index is 11.1. The Kier molecular flexibility index (Phi) is 3.33. The van der Waals surface area contributed by atoms with Gasteiger partial charge in [-0.1, -0.05) is 33.6 Å². The van der Waals surface area contributed by atoms with Gasteiger partial charge in [0.05, 0.1) is 5.60 Å². The molecule has 94 valence electrons. The van der Waals surface area contributed by atoms with E-state index in [9.17, 15) is 5.11 Å². The minimum atomic E-state index is -0.486. The van der Waals surface area contributed by atoms with Gasteiger partial charge in [-0.05, 0) is 43.6 Å². The molecule has 0 aromatic rings. The summed E-state index contributed by atoms with van der Waals surface area (Å²) in [5.74, 6) is 0.757. The molecule has 3 atom stereocenters. The maximum atomic E-state index is 11.1. The Morgan fingerprint density at radius 3 is 2.50 bits per heavy atom. The van der Waals surface area contributed by atoms with E-state index in [1.807, 2.05) is 0 Å². The minimum Gasteiger partial charge on any atom is -0.388 e. The molecule has 1 aliphatic carbocycles. The fourth-order valence-corrected chi connectivity index (χ4v) is 3.63. The van der Waals surface area contributed by atoms with E-state index in [1.54, 1.807) is 0 Å². The molecule has 2 rings (SSSR count). The Hall–Kier alpha value is -0.0800. The first-order valence-corrected chi connectivity index (χ1v) is 6.91. The topological polar surface area (TPSA) is 32.3 Å². The lowest BCUT2D eigenvalue weighted by Crippen LogP contribution is -2.62. The Morgan fingerprint density at radius 2 is 1.88 bits per heavy atom. The summed E-state index contributed by atoms with van der Waals surface area (Å²) in [6, 6.07) is 0.312. The fourth-order valence-electron chi connectivity index (χ4n) is 3.63. The van der Waals surface area contributed by atoms with Crippen molar-refractivity contribution in [2.75, 3.05) is 6.54 Å². The van der Waals surface area contributed by atoms with E-state index in [0.717, 1.165) is 31.7 Å². The molecule has 3 unspecified atom stereocenters. The predicted octanol–water partition coefficient (Wildman–Crippen LogP) is 2.71. The standard InChI is InChI=1S/C14H27NO/c1-11-6-9-15-12(10-11)14(16)8-5-4-7-13(14,2)3/h11-12,15-16H,4-10H2,1-3H3. The van der Waals surface area contributed by atoms with Gasteiger partial charge in [-0.25, -0.2) is 0 Å². The molecule has 0 bridgehead atoms. The number of hydrogen-bond donors (Lipinski definition) is 2. The molecule has 2 aliphatic rings. The molecular formula is C14H27NO. The van der Waals surface area contributed by atoms with Crippen molar-refractivity contribution in [3.8, 4) is 0 Å². The molecule has 1 heterocycles. The molecule has 0 spiro atoms. The third kappa shape index (κ3) is 2.02. The van der Waals surface area contributed by atoms with Gasteiger partial charge in [0.25, 0.3) is 0 Å². The van der Waals surface area contributed by atoms with Crippen LogP contribution in [0, 0.1) is 11.3 Å². The fraction of sp³-hybridized carbons (Fsp3) is 1.00. The molecule has 2 heteroatoms. The molecule has 2 nitrogen and oxygen atoms in total. The first kappa shape index (κ1) is 12.4. The maximum Gasteiger partial charge on any atom is 0.0850 e. The third-order valence-corrected chi connectivity index (χ3v) is 5.02. The van der Waals surface area contributed by atoms with Gasteiger partial charge in [0.2, 0.25) is 0 Å². The lowest BCUT2D eigenvalue weighted by molar-refractivity contribution is -0.129. The average Bonchev–Trinajstić information content (AvgIpc) is 2.22. The van der Waals surface area contributed by atoms with E-state index in [0.29, 0.717) is 6.04 Å². The number of hydrogen-bond acceptors (Lipinski definition) is 2. The van der Waals surface area contributed by atoms with Crippen LogP contribution in [0.2, 0.25) is 0 Å². The second-order valence-corrected chi connectivity index (χ2v) is 6.65. The van der Waals surface area contributed by atoms with Gasteiger partial charge in [-0.2, -0.15) is 0 Å². The van der Waals surface area contributed by atoms with Gasteiger partial charge in [0.1, 0.15) is 0 Å². The zero-order valence-corrected chi connectivity index (χ0v) is 11.1.